The molecule has 6 heteroatoms. The number of hydrogen-bond acceptors (Lipinski definition) is 4. The Bertz CT molecular complexity index is 588. The van der Waals surface area contributed by atoms with Crippen molar-refractivity contribution in [3.63, 3.8) is 0 Å². The number of pyridine rings is 1. The minimum Gasteiger partial charge on any atom is -0.858 e. The zero-order valence-corrected chi connectivity index (χ0v) is 20.8. The molecular formula is C23H37N2NaO3. The fraction of sp³-hybridized carbons (Fsp3) is 0.696. The Balaban J connectivity index is 0.00000784. The van der Waals surface area contributed by atoms with Gasteiger partial charge in [-0.1, -0.05) is 84.6 Å². The second-order valence-corrected chi connectivity index (χ2v) is 7.93. The molecule has 0 radical (unpaired) electrons. The summed E-state index contributed by atoms with van der Waals surface area (Å²) >= 11 is 0. The molecule has 0 aliphatic heterocycles. The molecule has 1 heterocycles. The molecule has 158 valence electrons. The molecule has 0 aliphatic rings. The predicted molar refractivity (Wildman–Crippen MR) is 113 cm³/mol. The van der Waals surface area contributed by atoms with Crippen molar-refractivity contribution in [1.29, 1.82) is 0 Å². The second-order valence-electron chi connectivity index (χ2n) is 7.93. The molecule has 0 fully saturated rings. The Morgan fingerprint density at radius 3 is 2.03 bits per heavy atom. The van der Waals surface area contributed by atoms with E-state index in [0.717, 1.165) is 18.5 Å². The molecule has 0 spiro atoms. The van der Waals surface area contributed by atoms with Crippen molar-refractivity contribution in [1.82, 2.24) is 4.98 Å². The summed E-state index contributed by atoms with van der Waals surface area (Å²) in [6.07, 6.45) is 15.4. The van der Waals surface area contributed by atoms with Crippen molar-refractivity contribution in [3.8, 4) is 0 Å². The molecule has 0 saturated carbocycles. The number of nitrogens with zero attached hydrogens (tertiary/aromatic N) is 2. The summed E-state index contributed by atoms with van der Waals surface area (Å²) in [5.41, 5.74) is 1.31. The van der Waals surface area contributed by atoms with Gasteiger partial charge in [-0.15, -0.1) is 0 Å². The normalized spacial score (nSPS) is 12.6. The van der Waals surface area contributed by atoms with Crippen molar-refractivity contribution in [2.24, 2.45) is 10.9 Å². The van der Waals surface area contributed by atoms with Crippen LogP contribution in [0.2, 0.25) is 0 Å². The smallest absolute Gasteiger partial charge is 0.858 e. The van der Waals surface area contributed by atoms with Crippen LogP contribution in [-0.2, 0) is 11.2 Å². The van der Waals surface area contributed by atoms with E-state index in [1.807, 2.05) is 6.07 Å². The molecular weight excluding hydrogens is 375 g/mol. The van der Waals surface area contributed by atoms with Gasteiger partial charge in [0.15, 0.2) is 0 Å². The van der Waals surface area contributed by atoms with E-state index < -0.39 is 17.9 Å². The predicted octanol–water partition coefficient (Wildman–Crippen LogP) is 1.77. The summed E-state index contributed by atoms with van der Waals surface area (Å²) in [5.74, 6) is -1.82. The first-order chi connectivity index (χ1) is 13.5. The van der Waals surface area contributed by atoms with E-state index in [4.69, 9.17) is 5.11 Å². The molecule has 0 unspecified atom stereocenters. The molecule has 0 amide bonds. The van der Waals surface area contributed by atoms with Gasteiger partial charge in [0.25, 0.3) is 0 Å². The number of aromatic nitrogens is 1. The molecule has 1 N–H and O–H groups in total. The van der Waals surface area contributed by atoms with E-state index in [1.54, 1.807) is 19.9 Å². The first-order valence-corrected chi connectivity index (χ1v) is 10.9. The van der Waals surface area contributed by atoms with Gasteiger partial charge in [0, 0.05) is 17.5 Å². The molecule has 1 aromatic rings. The SMILES string of the molecule is CCCCCCCCCCCCc1ccc(C([O-])=N[C@H](C(=O)O)C(C)C)cn1.[Na+]. The van der Waals surface area contributed by atoms with Crippen LogP contribution < -0.4 is 34.7 Å². The summed E-state index contributed by atoms with van der Waals surface area (Å²) in [5, 5.41) is 21.3. The summed E-state index contributed by atoms with van der Waals surface area (Å²) < 4.78 is 0. The van der Waals surface area contributed by atoms with E-state index in [0.29, 0.717) is 5.56 Å². The molecule has 1 rings (SSSR count). The summed E-state index contributed by atoms with van der Waals surface area (Å²) in [6.45, 7) is 5.73. The standard InChI is InChI=1S/C23H38N2O3.Na/c1-4-5-6-7-8-9-10-11-12-13-14-20-16-15-19(17-24-20)22(26)25-21(18(2)3)23(27)28;/h15-18,21H,4-14H2,1-3H3,(H,25,26)(H,27,28);/q;+1/p-1/t21-;/m0./s1. The number of unbranched alkanes of at least 4 members (excludes halogenated alkanes) is 9. The molecule has 1 aromatic heterocycles. The van der Waals surface area contributed by atoms with E-state index in [1.165, 1.54) is 64.0 Å². The number of aliphatic carboxylic acids is 1. The van der Waals surface area contributed by atoms with Gasteiger partial charge in [-0.2, -0.15) is 0 Å². The first kappa shape index (κ1) is 28.1. The summed E-state index contributed by atoms with van der Waals surface area (Å²) in [7, 11) is 0. The van der Waals surface area contributed by atoms with Gasteiger partial charge in [0.05, 0.1) is 0 Å². The molecule has 0 bridgehead atoms. The Labute approximate surface area is 198 Å². The van der Waals surface area contributed by atoms with Crippen molar-refractivity contribution < 1.29 is 44.6 Å². The third kappa shape index (κ3) is 12.4. The van der Waals surface area contributed by atoms with Crippen LogP contribution in [0.25, 0.3) is 0 Å². The van der Waals surface area contributed by atoms with Crippen LogP contribution in [0, 0.1) is 5.92 Å². The van der Waals surface area contributed by atoms with Crippen LogP contribution in [-0.4, -0.2) is 28.0 Å². The minimum absolute atomic E-state index is 0. The quantitative estimate of drug-likeness (QED) is 0.206. The van der Waals surface area contributed by atoms with Crippen LogP contribution in [0.15, 0.2) is 23.3 Å². The summed E-state index contributed by atoms with van der Waals surface area (Å²) in [4.78, 5) is 19.3. The van der Waals surface area contributed by atoms with Gasteiger partial charge >= 0.3 is 35.5 Å². The number of aliphatic imine (C=N–C) groups is 1. The van der Waals surface area contributed by atoms with Crippen molar-refractivity contribution in [2.45, 2.75) is 97.4 Å². The third-order valence-electron chi connectivity index (χ3n) is 5.00. The number of hydrogen-bond donors (Lipinski definition) is 1. The largest absolute Gasteiger partial charge is 1.00 e. The van der Waals surface area contributed by atoms with Crippen LogP contribution >= 0.6 is 0 Å². The Morgan fingerprint density at radius 2 is 1.59 bits per heavy atom. The maximum absolute atomic E-state index is 12.1. The molecule has 0 aliphatic carbocycles. The third-order valence-corrected chi connectivity index (χ3v) is 5.00. The van der Waals surface area contributed by atoms with Crippen molar-refractivity contribution in [2.75, 3.05) is 0 Å². The van der Waals surface area contributed by atoms with Crippen molar-refractivity contribution >= 4 is 11.9 Å². The maximum atomic E-state index is 12.1. The topological polar surface area (TPSA) is 85.6 Å². The molecule has 0 saturated heterocycles. The second kappa shape index (κ2) is 16.8. The average Bonchev–Trinajstić information content (AvgIpc) is 2.67. The van der Waals surface area contributed by atoms with Crippen LogP contribution in [0.4, 0.5) is 0 Å². The Morgan fingerprint density at radius 1 is 1.03 bits per heavy atom. The van der Waals surface area contributed by atoms with E-state index in [-0.39, 0.29) is 35.5 Å². The van der Waals surface area contributed by atoms with Gasteiger partial charge in [-0.25, -0.2) is 4.79 Å². The average molecular weight is 413 g/mol. The number of carbonyl (C=O) groups is 1. The van der Waals surface area contributed by atoms with Gasteiger partial charge in [-0.3, -0.25) is 9.98 Å². The van der Waals surface area contributed by atoms with Gasteiger partial charge in [-0.05, 0) is 30.7 Å². The molecule has 5 nitrogen and oxygen atoms in total. The Hall–Kier alpha value is -0.910. The molecule has 29 heavy (non-hydrogen) atoms. The number of carboxylic acid groups (broad SMARTS) is 1. The maximum Gasteiger partial charge on any atom is 1.00 e. The van der Waals surface area contributed by atoms with Crippen LogP contribution in [0.1, 0.15) is 96.2 Å². The first-order valence-electron chi connectivity index (χ1n) is 10.9. The zero-order chi connectivity index (χ0) is 20.8. The fourth-order valence-corrected chi connectivity index (χ4v) is 3.18. The van der Waals surface area contributed by atoms with Gasteiger partial charge in [0.1, 0.15) is 6.04 Å². The number of rotatable bonds is 15. The van der Waals surface area contributed by atoms with Crippen LogP contribution in [0.3, 0.4) is 0 Å². The molecule has 0 aromatic carbocycles. The Kier molecular flexibility index (Phi) is 16.3. The van der Waals surface area contributed by atoms with Gasteiger partial charge < -0.3 is 10.2 Å². The number of aryl methyl sites for hydroxylation is 1. The van der Waals surface area contributed by atoms with E-state index >= 15 is 0 Å². The molecule has 1 atom stereocenters. The zero-order valence-electron chi connectivity index (χ0n) is 18.8. The fourth-order valence-electron chi connectivity index (χ4n) is 3.18. The minimum atomic E-state index is -1.08. The van der Waals surface area contributed by atoms with Crippen LogP contribution in [0.5, 0.6) is 0 Å². The monoisotopic (exact) mass is 412 g/mol. The van der Waals surface area contributed by atoms with Gasteiger partial charge in [0.2, 0.25) is 0 Å². The summed E-state index contributed by atoms with van der Waals surface area (Å²) in [6, 6.07) is 2.53. The van der Waals surface area contributed by atoms with E-state index in [9.17, 15) is 9.90 Å². The van der Waals surface area contributed by atoms with Crippen molar-refractivity contribution in [3.05, 3.63) is 29.6 Å². The number of carboxylic acids is 1. The van der Waals surface area contributed by atoms with E-state index in [2.05, 4.69) is 16.9 Å².